The van der Waals surface area contributed by atoms with Gasteiger partial charge in [-0.1, -0.05) is 30.1 Å². The molecule has 1 aliphatic rings. The molecule has 0 bridgehead atoms. The summed E-state index contributed by atoms with van der Waals surface area (Å²) in [5.74, 6) is -0.0957. The summed E-state index contributed by atoms with van der Waals surface area (Å²) in [6.45, 7) is 14.7. The van der Waals surface area contributed by atoms with Crippen LogP contribution in [0.5, 0.6) is 0 Å². The normalized spacial score (nSPS) is 16.2. The van der Waals surface area contributed by atoms with E-state index in [1.54, 1.807) is 13.0 Å². The molecule has 1 atom stereocenters. The Kier molecular flexibility index (Phi) is 8.90. The van der Waals surface area contributed by atoms with Crippen molar-refractivity contribution >= 4 is 41.1 Å². The van der Waals surface area contributed by atoms with Crippen molar-refractivity contribution in [1.29, 1.82) is 0 Å². The summed E-state index contributed by atoms with van der Waals surface area (Å²) >= 11 is 12.5. The Morgan fingerprint density at radius 2 is 1.86 bits per heavy atom. The molecule has 0 saturated carbocycles. The maximum Gasteiger partial charge on any atom is 0.407 e. The number of aryl methyl sites for hydroxylation is 1. The fourth-order valence-electron chi connectivity index (χ4n) is 4.24. The lowest BCUT2D eigenvalue weighted by molar-refractivity contribution is 0.0439. The molecular weight excluding hydrogens is 517 g/mol. The van der Waals surface area contributed by atoms with Crippen LogP contribution in [0.2, 0.25) is 10.2 Å². The van der Waals surface area contributed by atoms with Gasteiger partial charge in [-0.2, -0.15) is 0 Å². The average Bonchev–Trinajstić information content (AvgIpc) is 2.80. The number of carbonyl (C=O) groups is 2. The van der Waals surface area contributed by atoms with Crippen LogP contribution in [0.25, 0.3) is 11.3 Å². The highest BCUT2D eigenvalue weighted by Crippen LogP contribution is 2.38. The molecule has 1 aliphatic heterocycles. The molecule has 202 valence electrons. The van der Waals surface area contributed by atoms with Gasteiger partial charge >= 0.3 is 12.1 Å². The molecule has 37 heavy (non-hydrogen) atoms. The van der Waals surface area contributed by atoms with Gasteiger partial charge in [-0.15, -0.1) is 0 Å². The van der Waals surface area contributed by atoms with Crippen LogP contribution in [0.15, 0.2) is 12.3 Å². The lowest BCUT2D eigenvalue weighted by atomic mass is 9.74. The van der Waals surface area contributed by atoms with Crippen molar-refractivity contribution in [2.45, 2.75) is 73.0 Å². The average molecular weight is 553 g/mol. The van der Waals surface area contributed by atoms with Gasteiger partial charge in [0.05, 0.1) is 23.0 Å². The number of halogens is 2. The molecule has 3 heterocycles. The molecule has 0 aliphatic carbocycles. The summed E-state index contributed by atoms with van der Waals surface area (Å²) in [6.07, 6.45) is 2.63. The van der Waals surface area contributed by atoms with Crippen LogP contribution in [0, 0.1) is 12.3 Å². The molecular formula is C26H35Cl2N5O4. The van der Waals surface area contributed by atoms with E-state index in [2.05, 4.69) is 22.2 Å². The third-order valence-electron chi connectivity index (χ3n) is 6.61. The molecule has 9 nitrogen and oxygen atoms in total. The van der Waals surface area contributed by atoms with E-state index in [0.717, 1.165) is 12.8 Å². The SMILES string of the molecule is CCOC(=O)c1nc(-c2ccnc(Cl)c2Cl)c(C)nc1N1CCC(C)(C(C)NC(=O)OC(C)(C)C)CC1. The second kappa shape index (κ2) is 11.4. The number of piperidine rings is 1. The minimum atomic E-state index is -0.563. The summed E-state index contributed by atoms with van der Waals surface area (Å²) in [4.78, 5) is 40.7. The molecule has 1 saturated heterocycles. The Balaban J connectivity index is 1.86. The lowest BCUT2D eigenvalue weighted by Crippen LogP contribution is -2.51. The fraction of sp³-hybridized carbons (Fsp3) is 0.577. The number of anilines is 1. The standard InChI is InChI=1S/C26H35Cl2N5O4/c1-8-36-23(34)20-22(30-15(2)19(32-20)17-9-12-29-21(28)18(17)27)33-13-10-26(7,11-14-33)16(3)31-24(35)37-25(4,5)6/h9,12,16H,8,10-11,13-14H2,1-7H3,(H,31,35). The maximum atomic E-state index is 12.9. The van der Waals surface area contributed by atoms with Gasteiger partial charge in [-0.05, 0) is 65.9 Å². The van der Waals surface area contributed by atoms with E-state index in [9.17, 15) is 9.59 Å². The number of alkyl carbamates (subject to hydrolysis) is 1. The van der Waals surface area contributed by atoms with Gasteiger partial charge in [-0.25, -0.2) is 24.5 Å². The largest absolute Gasteiger partial charge is 0.461 e. The molecule has 0 radical (unpaired) electrons. The molecule has 2 aromatic rings. The molecule has 1 N–H and O–H groups in total. The topological polar surface area (TPSA) is 107 Å². The Morgan fingerprint density at radius 3 is 2.46 bits per heavy atom. The van der Waals surface area contributed by atoms with E-state index >= 15 is 0 Å². The zero-order valence-corrected chi connectivity index (χ0v) is 24.0. The van der Waals surface area contributed by atoms with Crippen molar-refractivity contribution in [3.05, 3.63) is 33.8 Å². The van der Waals surface area contributed by atoms with Crippen molar-refractivity contribution in [2.24, 2.45) is 5.41 Å². The Bertz CT molecular complexity index is 1160. The van der Waals surface area contributed by atoms with Crippen LogP contribution in [0.1, 0.15) is 70.6 Å². The number of hydrogen-bond donors (Lipinski definition) is 1. The van der Waals surface area contributed by atoms with Gasteiger partial charge < -0.3 is 19.7 Å². The molecule has 0 spiro atoms. The van der Waals surface area contributed by atoms with Crippen LogP contribution in [0.4, 0.5) is 10.6 Å². The number of nitrogens with zero attached hydrogens (tertiary/aromatic N) is 4. The monoisotopic (exact) mass is 551 g/mol. The maximum absolute atomic E-state index is 12.9. The summed E-state index contributed by atoms with van der Waals surface area (Å²) in [7, 11) is 0. The van der Waals surface area contributed by atoms with Crippen molar-refractivity contribution in [3.63, 3.8) is 0 Å². The predicted molar refractivity (Wildman–Crippen MR) is 144 cm³/mol. The van der Waals surface area contributed by atoms with E-state index in [4.69, 9.17) is 37.7 Å². The zero-order chi connectivity index (χ0) is 27.5. The van der Waals surface area contributed by atoms with Gasteiger partial charge in [0.25, 0.3) is 0 Å². The fourth-order valence-corrected chi connectivity index (χ4v) is 4.60. The number of amides is 1. The molecule has 1 fully saturated rings. The Morgan fingerprint density at radius 1 is 1.22 bits per heavy atom. The van der Waals surface area contributed by atoms with Crippen molar-refractivity contribution < 1.29 is 19.1 Å². The van der Waals surface area contributed by atoms with E-state index in [1.165, 1.54) is 6.20 Å². The van der Waals surface area contributed by atoms with Crippen LogP contribution in [-0.2, 0) is 9.47 Å². The Labute approximate surface area is 228 Å². The smallest absolute Gasteiger partial charge is 0.407 e. The van der Waals surface area contributed by atoms with E-state index in [0.29, 0.717) is 35.9 Å². The van der Waals surface area contributed by atoms with Crippen LogP contribution in [-0.4, -0.2) is 58.4 Å². The van der Waals surface area contributed by atoms with E-state index in [-0.39, 0.29) is 33.9 Å². The van der Waals surface area contributed by atoms with Gasteiger partial charge in [0.15, 0.2) is 11.5 Å². The third-order valence-corrected chi connectivity index (χ3v) is 7.37. The first-order valence-electron chi connectivity index (χ1n) is 12.4. The number of esters is 1. The van der Waals surface area contributed by atoms with Gasteiger partial charge in [0.2, 0.25) is 0 Å². The lowest BCUT2D eigenvalue weighted by Gasteiger charge is -2.44. The van der Waals surface area contributed by atoms with E-state index in [1.807, 2.05) is 39.5 Å². The number of ether oxygens (including phenoxy) is 2. The van der Waals surface area contributed by atoms with Crippen molar-refractivity contribution in [2.75, 3.05) is 24.6 Å². The molecule has 3 rings (SSSR count). The summed E-state index contributed by atoms with van der Waals surface area (Å²) in [5.41, 5.74) is 0.971. The van der Waals surface area contributed by atoms with Gasteiger partial charge in [0.1, 0.15) is 10.8 Å². The van der Waals surface area contributed by atoms with Gasteiger partial charge in [-0.3, -0.25) is 0 Å². The zero-order valence-electron chi connectivity index (χ0n) is 22.4. The van der Waals surface area contributed by atoms with Crippen LogP contribution >= 0.6 is 23.2 Å². The van der Waals surface area contributed by atoms with Crippen LogP contribution in [0.3, 0.4) is 0 Å². The highest BCUT2D eigenvalue weighted by molar-refractivity contribution is 6.42. The molecule has 0 aromatic carbocycles. The molecule has 1 amide bonds. The Hall–Kier alpha value is -2.65. The number of nitrogens with one attached hydrogen (secondary N) is 1. The molecule has 2 aromatic heterocycles. The van der Waals surface area contributed by atoms with E-state index < -0.39 is 17.7 Å². The van der Waals surface area contributed by atoms with Gasteiger partial charge in [0, 0.05) is 30.9 Å². The summed E-state index contributed by atoms with van der Waals surface area (Å²) in [5, 5.41) is 3.37. The highest BCUT2D eigenvalue weighted by atomic mass is 35.5. The van der Waals surface area contributed by atoms with Crippen molar-refractivity contribution in [3.8, 4) is 11.3 Å². The highest BCUT2D eigenvalue weighted by Gasteiger charge is 2.38. The second-order valence-electron chi connectivity index (χ2n) is 10.5. The number of pyridine rings is 1. The predicted octanol–water partition coefficient (Wildman–Crippen LogP) is 5.85. The number of rotatable bonds is 6. The number of carbonyl (C=O) groups excluding carboxylic acids is 2. The molecule has 1 unspecified atom stereocenters. The minimum absolute atomic E-state index is 0.109. The number of aromatic nitrogens is 3. The first-order valence-corrected chi connectivity index (χ1v) is 13.1. The number of hydrogen-bond acceptors (Lipinski definition) is 8. The third kappa shape index (κ3) is 6.82. The first kappa shape index (κ1) is 28.9. The second-order valence-corrected chi connectivity index (χ2v) is 11.3. The first-order chi connectivity index (χ1) is 17.3. The summed E-state index contributed by atoms with van der Waals surface area (Å²) in [6, 6.07) is 1.58. The summed E-state index contributed by atoms with van der Waals surface area (Å²) < 4.78 is 10.7. The minimum Gasteiger partial charge on any atom is -0.461 e. The van der Waals surface area contributed by atoms with Crippen LogP contribution < -0.4 is 10.2 Å². The quantitative estimate of drug-likeness (QED) is 0.351. The molecule has 11 heteroatoms. The van der Waals surface area contributed by atoms with Crippen molar-refractivity contribution in [1.82, 2.24) is 20.3 Å².